The third kappa shape index (κ3) is 5.72. The Bertz CT molecular complexity index is 1030. The van der Waals surface area contributed by atoms with Crippen LogP contribution < -0.4 is 4.90 Å². The first kappa shape index (κ1) is 23.7. The minimum Gasteiger partial charge on any atom is -0.362 e. The number of carbonyl (C=O) groups is 2. The van der Waals surface area contributed by atoms with Crippen molar-refractivity contribution in [3.63, 3.8) is 0 Å². The van der Waals surface area contributed by atoms with Gasteiger partial charge in [-0.1, -0.05) is 42.0 Å². The van der Waals surface area contributed by atoms with Crippen molar-refractivity contribution in [2.45, 2.75) is 13.3 Å². The van der Waals surface area contributed by atoms with Crippen molar-refractivity contribution < 1.29 is 14.5 Å². The maximum atomic E-state index is 12.8. The summed E-state index contributed by atoms with van der Waals surface area (Å²) in [7, 11) is 0. The molecule has 0 radical (unpaired) electrons. The van der Waals surface area contributed by atoms with Gasteiger partial charge >= 0.3 is 0 Å². The number of carbonyl (C=O) groups excluding carboxylic acids is 2. The Morgan fingerprint density at radius 2 is 1.41 bits per heavy atom. The van der Waals surface area contributed by atoms with Crippen LogP contribution in [0.3, 0.4) is 0 Å². The number of aryl methyl sites for hydroxylation is 1. The zero-order chi connectivity index (χ0) is 24.1. The third-order valence-electron chi connectivity index (χ3n) is 6.61. The Hall–Kier alpha value is -3.46. The average molecular weight is 466 g/mol. The van der Waals surface area contributed by atoms with Crippen LogP contribution in [0.4, 0.5) is 11.4 Å². The van der Waals surface area contributed by atoms with Crippen molar-refractivity contribution in [3.8, 4) is 0 Å². The molecule has 180 valence electrons. The molecule has 2 heterocycles. The molecule has 2 aromatic rings. The maximum Gasteiger partial charge on any atom is 0.292 e. The summed E-state index contributed by atoms with van der Waals surface area (Å²) < 4.78 is 0. The van der Waals surface area contributed by atoms with Gasteiger partial charge in [0.05, 0.1) is 17.9 Å². The molecule has 2 aromatic carbocycles. The largest absolute Gasteiger partial charge is 0.362 e. The number of hydrogen-bond acceptors (Lipinski definition) is 6. The van der Waals surface area contributed by atoms with Crippen molar-refractivity contribution in [2.75, 3.05) is 63.8 Å². The van der Waals surface area contributed by atoms with E-state index in [2.05, 4.69) is 4.90 Å². The Balaban J connectivity index is 1.21. The smallest absolute Gasteiger partial charge is 0.292 e. The van der Waals surface area contributed by atoms with Crippen LogP contribution in [0.15, 0.2) is 48.5 Å². The third-order valence-corrected chi connectivity index (χ3v) is 6.61. The van der Waals surface area contributed by atoms with Gasteiger partial charge in [-0.3, -0.25) is 24.6 Å². The molecule has 0 spiro atoms. The molecule has 2 fully saturated rings. The number of amides is 2. The molecule has 0 saturated carbocycles. The van der Waals surface area contributed by atoms with E-state index in [0.717, 1.165) is 5.56 Å². The summed E-state index contributed by atoms with van der Waals surface area (Å²) in [5.41, 5.74) is 2.90. The molecule has 34 heavy (non-hydrogen) atoms. The van der Waals surface area contributed by atoms with Crippen LogP contribution in [-0.2, 0) is 16.0 Å². The first-order valence-corrected chi connectivity index (χ1v) is 11.7. The summed E-state index contributed by atoms with van der Waals surface area (Å²) in [6.45, 7) is 7.21. The lowest BCUT2D eigenvalue weighted by Gasteiger charge is -2.38. The highest BCUT2D eigenvalue weighted by Crippen LogP contribution is 2.28. The summed E-state index contributed by atoms with van der Waals surface area (Å²) in [6, 6.07) is 14.8. The molecule has 0 bridgehead atoms. The zero-order valence-electron chi connectivity index (χ0n) is 19.6. The number of nitrogens with zero attached hydrogens (tertiary/aromatic N) is 5. The van der Waals surface area contributed by atoms with Crippen LogP contribution in [0.2, 0.25) is 0 Å². The topological polar surface area (TPSA) is 90.2 Å². The van der Waals surface area contributed by atoms with Gasteiger partial charge < -0.3 is 14.7 Å². The molecule has 2 amide bonds. The minimum atomic E-state index is -0.363. The molecule has 9 nitrogen and oxygen atoms in total. The van der Waals surface area contributed by atoms with Crippen molar-refractivity contribution in [1.29, 1.82) is 0 Å². The van der Waals surface area contributed by atoms with Gasteiger partial charge in [-0.15, -0.1) is 0 Å². The lowest BCUT2D eigenvalue weighted by molar-refractivity contribution is -0.384. The van der Waals surface area contributed by atoms with E-state index in [0.29, 0.717) is 71.0 Å². The second kappa shape index (κ2) is 10.6. The van der Waals surface area contributed by atoms with Crippen LogP contribution in [0.5, 0.6) is 0 Å². The van der Waals surface area contributed by atoms with Gasteiger partial charge in [0.15, 0.2) is 0 Å². The zero-order valence-corrected chi connectivity index (χ0v) is 19.6. The second-order valence-electron chi connectivity index (χ2n) is 8.93. The summed E-state index contributed by atoms with van der Waals surface area (Å²) in [5.74, 6) is 0.197. The molecular formula is C25H31N5O4. The molecule has 9 heteroatoms. The first-order chi connectivity index (χ1) is 16.4. The number of hydrogen-bond donors (Lipinski definition) is 0. The Labute approximate surface area is 199 Å². The van der Waals surface area contributed by atoms with Gasteiger partial charge in [-0.2, -0.15) is 0 Å². The highest BCUT2D eigenvalue weighted by molar-refractivity contribution is 5.80. The number of piperazine rings is 2. The van der Waals surface area contributed by atoms with Crippen LogP contribution in [0, 0.1) is 17.0 Å². The molecule has 0 unspecified atom stereocenters. The lowest BCUT2D eigenvalue weighted by atomic mass is 10.1. The first-order valence-electron chi connectivity index (χ1n) is 11.7. The van der Waals surface area contributed by atoms with E-state index in [4.69, 9.17) is 0 Å². The highest BCUT2D eigenvalue weighted by atomic mass is 16.6. The van der Waals surface area contributed by atoms with Gasteiger partial charge in [-0.05, 0) is 18.6 Å². The Morgan fingerprint density at radius 3 is 2.06 bits per heavy atom. The normalized spacial score (nSPS) is 17.0. The van der Waals surface area contributed by atoms with Crippen LogP contribution >= 0.6 is 0 Å². The standard InChI is InChI=1S/C25H31N5O4/c1-20-6-8-21(9-7-20)18-24(31)28-12-10-26(11-13-28)19-25(32)29-16-14-27(15-17-29)22-4-2-3-5-23(22)30(33)34/h2-9H,10-19H2,1H3. The van der Waals surface area contributed by atoms with Gasteiger partial charge in [0.2, 0.25) is 11.8 Å². The number of nitro benzene ring substituents is 1. The number of anilines is 1. The molecular weight excluding hydrogens is 434 g/mol. The van der Waals surface area contributed by atoms with E-state index in [1.165, 1.54) is 11.6 Å². The molecule has 2 aliphatic rings. The maximum absolute atomic E-state index is 12.8. The van der Waals surface area contributed by atoms with E-state index >= 15 is 0 Å². The van der Waals surface area contributed by atoms with Gasteiger partial charge in [-0.25, -0.2) is 0 Å². The number of para-hydroxylation sites is 2. The molecule has 4 rings (SSSR count). The minimum absolute atomic E-state index is 0.0710. The number of benzene rings is 2. The van der Waals surface area contributed by atoms with Gasteiger partial charge in [0.1, 0.15) is 5.69 Å². The molecule has 0 aliphatic carbocycles. The van der Waals surface area contributed by atoms with Crippen molar-refractivity contribution in [2.24, 2.45) is 0 Å². The lowest BCUT2D eigenvalue weighted by Crippen LogP contribution is -2.54. The van der Waals surface area contributed by atoms with E-state index in [9.17, 15) is 19.7 Å². The Kier molecular flexibility index (Phi) is 7.42. The fourth-order valence-electron chi connectivity index (χ4n) is 4.52. The van der Waals surface area contributed by atoms with E-state index < -0.39 is 0 Å². The predicted octanol–water partition coefficient (Wildman–Crippen LogP) is 1.94. The van der Waals surface area contributed by atoms with E-state index in [1.807, 2.05) is 45.9 Å². The summed E-state index contributed by atoms with van der Waals surface area (Å²) in [6.07, 6.45) is 0.406. The SMILES string of the molecule is Cc1ccc(CC(=O)N2CCN(CC(=O)N3CCN(c4ccccc4[N+](=O)[O-])CC3)CC2)cc1. The number of nitro groups is 1. The Morgan fingerprint density at radius 1 is 0.824 bits per heavy atom. The van der Waals surface area contributed by atoms with Gasteiger partial charge in [0.25, 0.3) is 5.69 Å². The second-order valence-corrected chi connectivity index (χ2v) is 8.93. The summed E-state index contributed by atoms with van der Waals surface area (Å²) >= 11 is 0. The quantitative estimate of drug-likeness (QED) is 0.478. The summed E-state index contributed by atoms with van der Waals surface area (Å²) in [4.78, 5) is 44.2. The van der Waals surface area contributed by atoms with Crippen molar-refractivity contribution in [1.82, 2.24) is 14.7 Å². The fraction of sp³-hybridized carbons (Fsp3) is 0.440. The molecule has 2 saturated heterocycles. The summed E-state index contributed by atoms with van der Waals surface area (Å²) in [5, 5.41) is 11.3. The molecule has 0 N–H and O–H groups in total. The van der Waals surface area contributed by atoms with Crippen LogP contribution in [0.25, 0.3) is 0 Å². The molecule has 0 aromatic heterocycles. The molecule has 0 atom stereocenters. The fourth-order valence-corrected chi connectivity index (χ4v) is 4.52. The van der Waals surface area contributed by atoms with Gasteiger partial charge in [0, 0.05) is 58.4 Å². The van der Waals surface area contributed by atoms with Crippen LogP contribution in [-0.4, -0.2) is 90.3 Å². The predicted molar refractivity (Wildman–Crippen MR) is 130 cm³/mol. The van der Waals surface area contributed by atoms with Crippen LogP contribution in [0.1, 0.15) is 11.1 Å². The number of rotatable bonds is 6. The molecule has 2 aliphatic heterocycles. The average Bonchev–Trinajstić information content (AvgIpc) is 2.86. The monoisotopic (exact) mass is 465 g/mol. The highest BCUT2D eigenvalue weighted by Gasteiger charge is 2.28. The van der Waals surface area contributed by atoms with E-state index in [1.54, 1.807) is 18.2 Å². The van der Waals surface area contributed by atoms with E-state index in [-0.39, 0.29) is 22.4 Å². The van der Waals surface area contributed by atoms with Crippen molar-refractivity contribution in [3.05, 3.63) is 69.8 Å². The van der Waals surface area contributed by atoms with Crippen molar-refractivity contribution >= 4 is 23.2 Å².